The molecule has 1 saturated heterocycles. The van der Waals surface area contributed by atoms with Crippen molar-refractivity contribution in [2.24, 2.45) is 5.92 Å². The maximum absolute atomic E-state index is 12.4. The Labute approximate surface area is 120 Å². The summed E-state index contributed by atoms with van der Waals surface area (Å²) in [5.74, 6) is 0.787. The topological polar surface area (TPSA) is 33.2 Å². The number of nitrogens with zero attached hydrogens (tertiary/aromatic N) is 2. The summed E-state index contributed by atoms with van der Waals surface area (Å²) in [5, 5.41) is 0.567. The summed E-state index contributed by atoms with van der Waals surface area (Å²) in [7, 11) is 0. The minimum Gasteiger partial charge on any atom is -0.337 e. The Kier molecular flexibility index (Phi) is 5.20. The second-order valence-electron chi connectivity index (χ2n) is 5.24. The first-order valence-corrected chi connectivity index (χ1v) is 7.49. The van der Waals surface area contributed by atoms with Gasteiger partial charge in [0.15, 0.2) is 0 Å². The van der Waals surface area contributed by atoms with Gasteiger partial charge >= 0.3 is 0 Å². The van der Waals surface area contributed by atoms with Gasteiger partial charge in [-0.25, -0.2) is 0 Å². The lowest BCUT2D eigenvalue weighted by Crippen LogP contribution is -2.32. The first-order valence-electron chi connectivity index (χ1n) is 7.11. The van der Waals surface area contributed by atoms with Gasteiger partial charge in [0.2, 0.25) is 0 Å². The zero-order chi connectivity index (χ0) is 13.7. The number of hydrogen-bond acceptors (Lipinski definition) is 2. The zero-order valence-electron chi connectivity index (χ0n) is 11.4. The number of hydrogen-bond donors (Lipinski definition) is 0. The normalized spacial score (nSPS) is 20.1. The quantitative estimate of drug-likeness (QED) is 0.844. The molecule has 1 aliphatic rings. The molecule has 0 saturated carbocycles. The fourth-order valence-corrected chi connectivity index (χ4v) is 2.91. The second-order valence-corrected chi connectivity index (χ2v) is 5.67. The number of amides is 1. The average molecular weight is 281 g/mol. The van der Waals surface area contributed by atoms with Gasteiger partial charge in [-0.2, -0.15) is 0 Å². The first kappa shape index (κ1) is 14.3. The van der Waals surface area contributed by atoms with E-state index < -0.39 is 0 Å². The van der Waals surface area contributed by atoms with Gasteiger partial charge in [0, 0.05) is 24.3 Å². The molecular formula is C15H21ClN2O. The van der Waals surface area contributed by atoms with E-state index in [4.69, 9.17) is 11.6 Å². The number of pyridine rings is 1. The molecule has 1 fully saturated rings. The monoisotopic (exact) mass is 280 g/mol. The second kappa shape index (κ2) is 6.90. The predicted octanol–water partition coefficient (Wildman–Crippen LogP) is 3.78. The van der Waals surface area contributed by atoms with Gasteiger partial charge in [-0.05, 0) is 37.3 Å². The fraction of sp³-hybridized carbons (Fsp3) is 0.600. The van der Waals surface area contributed by atoms with E-state index >= 15 is 0 Å². The first-order chi connectivity index (χ1) is 9.20. The molecule has 0 bridgehead atoms. The van der Waals surface area contributed by atoms with Gasteiger partial charge in [-0.3, -0.25) is 9.78 Å². The highest BCUT2D eigenvalue weighted by Gasteiger charge is 2.21. The number of rotatable bonds is 3. The van der Waals surface area contributed by atoms with Gasteiger partial charge in [0.05, 0.1) is 0 Å². The van der Waals surface area contributed by atoms with Gasteiger partial charge < -0.3 is 4.90 Å². The summed E-state index contributed by atoms with van der Waals surface area (Å²) < 4.78 is 0. The smallest absolute Gasteiger partial charge is 0.272 e. The molecule has 0 aromatic carbocycles. The SMILES string of the molecule is CCCC1CCCN(C(=O)c2cc(Cl)ccn2)CC1. The minimum absolute atomic E-state index is 0.0136. The van der Waals surface area contributed by atoms with E-state index in [1.165, 1.54) is 19.3 Å². The third-order valence-corrected chi connectivity index (χ3v) is 4.01. The third kappa shape index (κ3) is 3.93. The number of halogens is 1. The van der Waals surface area contributed by atoms with Gasteiger partial charge in [-0.15, -0.1) is 0 Å². The molecule has 0 spiro atoms. The Morgan fingerprint density at radius 1 is 1.47 bits per heavy atom. The molecule has 1 aromatic heterocycles. The van der Waals surface area contributed by atoms with Crippen LogP contribution in [-0.4, -0.2) is 28.9 Å². The van der Waals surface area contributed by atoms with E-state index in [9.17, 15) is 4.79 Å². The number of carbonyl (C=O) groups is 1. The van der Waals surface area contributed by atoms with Crippen LogP contribution in [0, 0.1) is 5.92 Å². The van der Waals surface area contributed by atoms with Crippen molar-refractivity contribution in [1.29, 1.82) is 0 Å². The number of carbonyl (C=O) groups excluding carboxylic acids is 1. The lowest BCUT2D eigenvalue weighted by molar-refractivity contribution is 0.0754. The van der Waals surface area contributed by atoms with Gasteiger partial charge in [0.25, 0.3) is 5.91 Å². The molecule has 1 aromatic rings. The van der Waals surface area contributed by atoms with Crippen LogP contribution < -0.4 is 0 Å². The lowest BCUT2D eigenvalue weighted by Gasteiger charge is -2.20. The molecule has 1 aliphatic heterocycles. The van der Waals surface area contributed by atoms with Crippen molar-refractivity contribution in [3.63, 3.8) is 0 Å². The van der Waals surface area contributed by atoms with Gasteiger partial charge in [-0.1, -0.05) is 31.4 Å². The molecule has 4 heteroatoms. The van der Waals surface area contributed by atoms with E-state index in [1.54, 1.807) is 18.3 Å². The average Bonchev–Trinajstić information content (AvgIpc) is 2.64. The highest BCUT2D eigenvalue weighted by atomic mass is 35.5. The molecule has 3 nitrogen and oxygen atoms in total. The summed E-state index contributed by atoms with van der Waals surface area (Å²) in [4.78, 5) is 18.4. The van der Waals surface area contributed by atoms with Crippen molar-refractivity contribution in [1.82, 2.24) is 9.88 Å². The molecule has 0 aliphatic carbocycles. The van der Waals surface area contributed by atoms with Crippen LogP contribution >= 0.6 is 11.6 Å². The standard InChI is InChI=1S/C15H21ClN2O/c1-2-4-12-5-3-9-18(10-7-12)15(19)14-11-13(16)6-8-17-14/h6,8,11-12H,2-5,7,9-10H2,1H3. The summed E-state index contributed by atoms with van der Waals surface area (Å²) in [6, 6.07) is 3.34. The fourth-order valence-electron chi connectivity index (χ4n) is 2.75. The van der Waals surface area contributed by atoms with Crippen molar-refractivity contribution < 1.29 is 4.79 Å². The highest BCUT2D eigenvalue weighted by Crippen LogP contribution is 2.22. The highest BCUT2D eigenvalue weighted by molar-refractivity contribution is 6.30. The Morgan fingerprint density at radius 2 is 2.32 bits per heavy atom. The zero-order valence-corrected chi connectivity index (χ0v) is 12.2. The summed E-state index contributed by atoms with van der Waals surface area (Å²) in [5.41, 5.74) is 0.460. The lowest BCUT2D eigenvalue weighted by atomic mass is 9.96. The maximum atomic E-state index is 12.4. The van der Waals surface area contributed by atoms with Crippen LogP contribution in [0.4, 0.5) is 0 Å². The largest absolute Gasteiger partial charge is 0.337 e. The molecule has 0 N–H and O–H groups in total. The molecule has 1 unspecified atom stereocenters. The van der Waals surface area contributed by atoms with Crippen molar-refractivity contribution >= 4 is 17.5 Å². The van der Waals surface area contributed by atoms with Crippen molar-refractivity contribution in [3.8, 4) is 0 Å². The molecule has 2 rings (SSSR count). The van der Waals surface area contributed by atoms with Crippen molar-refractivity contribution in [2.75, 3.05) is 13.1 Å². The Bertz CT molecular complexity index is 436. The number of likely N-dealkylation sites (tertiary alicyclic amines) is 1. The van der Waals surface area contributed by atoms with E-state index in [1.807, 2.05) is 4.90 Å². The van der Waals surface area contributed by atoms with Gasteiger partial charge in [0.1, 0.15) is 5.69 Å². The molecule has 1 amide bonds. The molecule has 19 heavy (non-hydrogen) atoms. The Balaban J connectivity index is 2.00. The van der Waals surface area contributed by atoms with E-state index in [-0.39, 0.29) is 5.91 Å². The third-order valence-electron chi connectivity index (χ3n) is 3.77. The summed E-state index contributed by atoms with van der Waals surface area (Å²) in [6.45, 7) is 3.91. The van der Waals surface area contributed by atoms with Crippen LogP contribution in [0.15, 0.2) is 18.3 Å². The Hall–Kier alpha value is -1.09. The van der Waals surface area contributed by atoms with Crippen LogP contribution in [-0.2, 0) is 0 Å². The number of aromatic nitrogens is 1. The van der Waals surface area contributed by atoms with Crippen molar-refractivity contribution in [2.45, 2.75) is 39.0 Å². The van der Waals surface area contributed by atoms with Crippen LogP contribution in [0.5, 0.6) is 0 Å². The van der Waals surface area contributed by atoms with E-state index in [0.717, 1.165) is 31.8 Å². The Morgan fingerprint density at radius 3 is 3.05 bits per heavy atom. The molecular weight excluding hydrogens is 260 g/mol. The van der Waals surface area contributed by atoms with Crippen LogP contribution in [0.1, 0.15) is 49.5 Å². The van der Waals surface area contributed by atoms with E-state index in [2.05, 4.69) is 11.9 Å². The molecule has 1 atom stereocenters. The summed E-state index contributed by atoms with van der Waals surface area (Å²) >= 11 is 5.91. The van der Waals surface area contributed by atoms with E-state index in [0.29, 0.717) is 10.7 Å². The van der Waals surface area contributed by atoms with Crippen LogP contribution in [0.25, 0.3) is 0 Å². The molecule has 0 radical (unpaired) electrons. The van der Waals surface area contributed by atoms with Crippen LogP contribution in [0.2, 0.25) is 5.02 Å². The predicted molar refractivity (Wildman–Crippen MR) is 77.4 cm³/mol. The maximum Gasteiger partial charge on any atom is 0.272 e. The minimum atomic E-state index is 0.0136. The molecule has 2 heterocycles. The van der Waals surface area contributed by atoms with Crippen molar-refractivity contribution in [3.05, 3.63) is 29.0 Å². The summed E-state index contributed by atoms with van der Waals surface area (Å²) in [6.07, 6.45) is 7.54. The van der Waals surface area contributed by atoms with Crippen LogP contribution in [0.3, 0.4) is 0 Å². The molecule has 104 valence electrons.